The minimum Gasteiger partial charge on any atom is -0.495 e. The molecule has 0 unspecified atom stereocenters. The van der Waals surface area contributed by atoms with Crippen LogP contribution >= 0.6 is 0 Å². The first kappa shape index (κ1) is 17.7. The molecule has 8 heteroatoms. The highest BCUT2D eigenvalue weighted by Gasteiger charge is 2.28. The van der Waals surface area contributed by atoms with Gasteiger partial charge in [-0.2, -0.15) is 0 Å². The first-order valence-electron chi connectivity index (χ1n) is 9.50. The van der Waals surface area contributed by atoms with Crippen LogP contribution < -0.4 is 15.2 Å². The first-order valence-corrected chi connectivity index (χ1v) is 9.50. The number of hydrogen-bond acceptors (Lipinski definition) is 7. The topological polar surface area (TPSA) is 97.3 Å². The zero-order valence-electron chi connectivity index (χ0n) is 16.0. The number of anilines is 1. The van der Waals surface area contributed by atoms with Crippen LogP contribution in [0.15, 0.2) is 49.1 Å². The molecule has 8 nitrogen and oxygen atoms in total. The quantitative estimate of drug-likeness (QED) is 0.557. The molecule has 4 aromatic rings. The maximum atomic E-state index is 6.20. The summed E-state index contributed by atoms with van der Waals surface area (Å²) in [5.41, 5.74) is 7.58. The summed E-state index contributed by atoms with van der Waals surface area (Å²) in [7, 11) is 1.63. The Hall–Kier alpha value is -3.39. The van der Waals surface area contributed by atoms with E-state index in [1.807, 2.05) is 41.1 Å². The minimum atomic E-state index is -0.0823. The van der Waals surface area contributed by atoms with Gasteiger partial charge in [0.1, 0.15) is 42.1 Å². The standard InChI is InChI=1S/C21H21N5O3/c1-27-16-8-13-2-3-14(9-18(13)23-10-16)28-11-15-4-5-19(29-15)26-7-6-17-20(22)24-12-25-21(17)26/h2-3,6-10,12,15,19H,4-5,11H2,1H3,(H2,22,24,25)/t15-,19+/m0/s1. The van der Waals surface area contributed by atoms with Gasteiger partial charge in [-0.1, -0.05) is 0 Å². The number of aromatic nitrogens is 4. The maximum Gasteiger partial charge on any atom is 0.147 e. The Morgan fingerprint density at radius 1 is 1.14 bits per heavy atom. The minimum absolute atomic E-state index is 0.0103. The number of benzene rings is 1. The van der Waals surface area contributed by atoms with Crippen LogP contribution in [0.5, 0.6) is 11.5 Å². The molecule has 0 saturated carbocycles. The van der Waals surface area contributed by atoms with Gasteiger partial charge in [0, 0.05) is 17.6 Å². The highest BCUT2D eigenvalue weighted by atomic mass is 16.6. The van der Waals surface area contributed by atoms with E-state index in [0.717, 1.165) is 46.3 Å². The molecule has 5 rings (SSSR count). The van der Waals surface area contributed by atoms with E-state index in [1.165, 1.54) is 6.33 Å². The summed E-state index contributed by atoms with van der Waals surface area (Å²) in [4.78, 5) is 12.8. The van der Waals surface area contributed by atoms with Crippen molar-refractivity contribution in [3.8, 4) is 11.5 Å². The largest absolute Gasteiger partial charge is 0.495 e. The van der Waals surface area contributed by atoms with E-state index in [0.29, 0.717) is 12.4 Å². The van der Waals surface area contributed by atoms with Crippen molar-refractivity contribution in [2.24, 2.45) is 0 Å². The summed E-state index contributed by atoms with van der Waals surface area (Å²) in [6, 6.07) is 9.73. The average Bonchev–Trinajstić information content (AvgIpc) is 3.39. The Morgan fingerprint density at radius 2 is 2.07 bits per heavy atom. The van der Waals surface area contributed by atoms with Crippen molar-refractivity contribution in [3.63, 3.8) is 0 Å². The summed E-state index contributed by atoms with van der Waals surface area (Å²) in [5, 5.41) is 1.85. The number of methoxy groups -OCH3 is 1. The molecule has 0 bridgehead atoms. The summed E-state index contributed by atoms with van der Waals surface area (Å²) >= 11 is 0. The molecule has 1 aromatic carbocycles. The van der Waals surface area contributed by atoms with Gasteiger partial charge in [-0.3, -0.25) is 4.98 Å². The van der Waals surface area contributed by atoms with E-state index in [2.05, 4.69) is 15.0 Å². The normalized spacial score (nSPS) is 19.1. The second-order valence-corrected chi connectivity index (χ2v) is 7.05. The molecule has 2 N–H and O–H groups in total. The third-order valence-corrected chi connectivity index (χ3v) is 5.24. The molecule has 4 heterocycles. The Bertz CT molecular complexity index is 1180. The van der Waals surface area contributed by atoms with Gasteiger partial charge in [0.2, 0.25) is 0 Å². The Labute approximate surface area is 167 Å². The second kappa shape index (κ2) is 7.21. The molecule has 1 aliphatic rings. The number of hydrogen-bond donors (Lipinski definition) is 1. The van der Waals surface area contributed by atoms with Crippen LogP contribution in [-0.4, -0.2) is 39.3 Å². The van der Waals surface area contributed by atoms with Crippen LogP contribution in [0.3, 0.4) is 0 Å². The molecule has 1 fully saturated rings. The van der Waals surface area contributed by atoms with Gasteiger partial charge in [-0.05, 0) is 37.1 Å². The van der Waals surface area contributed by atoms with Gasteiger partial charge in [0.15, 0.2) is 0 Å². The number of rotatable bonds is 5. The van der Waals surface area contributed by atoms with Gasteiger partial charge in [0.25, 0.3) is 0 Å². The molecule has 148 valence electrons. The summed E-state index contributed by atoms with van der Waals surface area (Å²) in [5.74, 6) is 1.99. The summed E-state index contributed by atoms with van der Waals surface area (Å²) in [6.07, 6.45) is 6.86. The predicted octanol–water partition coefficient (Wildman–Crippen LogP) is 3.33. The number of nitrogen functional groups attached to an aromatic ring is 1. The number of fused-ring (bicyclic) bond motifs is 2. The Kier molecular flexibility index (Phi) is 4.40. The fourth-order valence-corrected chi connectivity index (χ4v) is 3.71. The number of pyridine rings is 1. The van der Waals surface area contributed by atoms with Crippen molar-refractivity contribution in [1.29, 1.82) is 0 Å². The van der Waals surface area contributed by atoms with Gasteiger partial charge in [-0.25, -0.2) is 9.97 Å². The lowest BCUT2D eigenvalue weighted by Crippen LogP contribution is -2.18. The zero-order chi connectivity index (χ0) is 19.8. The molecule has 3 aromatic heterocycles. The third kappa shape index (κ3) is 3.31. The summed E-state index contributed by atoms with van der Waals surface area (Å²) in [6.45, 7) is 0.481. The smallest absolute Gasteiger partial charge is 0.147 e. The van der Waals surface area contributed by atoms with E-state index < -0.39 is 0 Å². The van der Waals surface area contributed by atoms with Crippen LogP contribution in [-0.2, 0) is 4.74 Å². The van der Waals surface area contributed by atoms with Crippen molar-refractivity contribution in [2.45, 2.75) is 25.2 Å². The van der Waals surface area contributed by atoms with E-state index in [-0.39, 0.29) is 12.3 Å². The van der Waals surface area contributed by atoms with Crippen LogP contribution in [0.1, 0.15) is 19.1 Å². The fourth-order valence-electron chi connectivity index (χ4n) is 3.71. The monoisotopic (exact) mass is 391 g/mol. The highest BCUT2D eigenvalue weighted by molar-refractivity contribution is 5.86. The van der Waals surface area contributed by atoms with E-state index >= 15 is 0 Å². The lowest BCUT2D eigenvalue weighted by atomic mass is 10.2. The molecule has 0 spiro atoms. The number of nitrogens with zero attached hydrogens (tertiary/aromatic N) is 4. The van der Waals surface area contributed by atoms with E-state index in [4.69, 9.17) is 19.9 Å². The van der Waals surface area contributed by atoms with Gasteiger partial charge < -0.3 is 24.5 Å². The Morgan fingerprint density at radius 3 is 2.97 bits per heavy atom. The Balaban J connectivity index is 1.25. The number of ether oxygens (including phenoxy) is 3. The SMILES string of the molecule is COc1cnc2cc(OC[C@@H]3CC[C@H](n4ccc5c(N)ncnc54)O3)ccc2c1. The maximum absolute atomic E-state index is 6.20. The predicted molar refractivity (Wildman–Crippen MR) is 109 cm³/mol. The van der Waals surface area contributed by atoms with Gasteiger partial charge >= 0.3 is 0 Å². The first-order chi connectivity index (χ1) is 14.2. The van der Waals surface area contributed by atoms with Crippen LogP contribution in [0, 0.1) is 0 Å². The van der Waals surface area contributed by atoms with Gasteiger partial charge in [0.05, 0.1) is 30.3 Å². The van der Waals surface area contributed by atoms with Crippen molar-refractivity contribution in [1.82, 2.24) is 19.5 Å². The molecule has 1 aliphatic heterocycles. The number of nitrogens with two attached hydrogens (primary N) is 1. The second-order valence-electron chi connectivity index (χ2n) is 7.05. The summed E-state index contributed by atoms with van der Waals surface area (Å²) < 4.78 is 19.4. The average molecular weight is 391 g/mol. The molecule has 29 heavy (non-hydrogen) atoms. The van der Waals surface area contributed by atoms with E-state index in [1.54, 1.807) is 13.3 Å². The zero-order valence-corrected chi connectivity index (χ0v) is 16.0. The molecule has 2 atom stereocenters. The lowest BCUT2D eigenvalue weighted by molar-refractivity contribution is -0.0156. The molecule has 0 aliphatic carbocycles. The molecular formula is C21H21N5O3. The van der Waals surface area contributed by atoms with E-state index in [9.17, 15) is 0 Å². The fraction of sp³-hybridized carbons (Fsp3) is 0.286. The van der Waals surface area contributed by atoms with Crippen molar-refractivity contribution in [3.05, 3.63) is 49.1 Å². The van der Waals surface area contributed by atoms with Crippen molar-refractivity contribution < 1.29 is 14.2 Å². The lowest BCUT2D eigenvalue weighted by Gasteiger charge is -2.16. The third-order valence-electron chi connectivity index (χ3n) is 5.24. The van der Waals surface area contributed by atoms with Gasteiger partial charge in [-0.15, -0.1) is 0 Å². The molecule has 0 amide bonds. The van der Waals surface area contributed by atoms with Crippen LogP contribution in [0.2, 0.25) is 0 Å². The molecule has 0 radical (unpaired) electrons. The van der Waals surface area contributed by atoms with Crippen LogP contribution in [0.25, 0.3) is 21.9 Å². The van der Waals surface area contributed by atoms with Crippen molar-refractivity contribution >= 4 is 27.8 Å². The molecule has 1 saturated heterocycles. The molecular weight excluding hydrogens is 370 g/mol. The van der Waals surface area contributed by atoms with Crippen molar-refractivity contribution in [2.75, 3.05) is 19.5 Å². The van der Waals surface area contributed by atoms with Crippen LogP contribution in [0.4, 0.5) is 5.82 Å². The highest BCUT2D eigenvalue weighted by Crippen LogP contribution is 2.32.